The lowest BCUT2D eigenvalue weighted by Gasteiger charge is -2.19. The van der Waals surface area contributed by atoms with E-state index in [4.69, 9.17) is 0 Å². The zero-order valence-electron chi connectivity index (χ0n) is 14.0. The summed E-state index contributed by atoms with van der Waals surface area (Å²) in [6.07, 6.45) is 6.43. The molecule has 1 amide bonds. The number of thiophene rings is 1. The smallest absolute Gasteiger partial charge is 0.265 e. The van der Waals surface area contributed by atoms with E-state index in [0.29, 0.717) is 23.5 Å². The summed E-state index contributed by atoms with van der Waals surface area (Å²) in [4.78, 5) is 14.6. The normalized spacial score (nSPS) is 16.2. The molecule has 0 atom stereocenters. The highest BCUT2D eigenvalue weighted by Gasteiger charge is 2.20. The van der Waals surface area contributed by atoms with Gasteiger partial charge in [0, 0.05) is 11.4 Å². The Morgan fingerprint density at radius 3 is 2.84 bits per heavy atom. The molecule has 0 bridgehead atoms. The van der Waals surface area contributed by atoms with Crippen molar-refractivity contribution in [1.29, 1.82) is 0 Å². The second-order valence-corrected chi connectivity index (χ2v) is 7.70. The van der Waals surface area contributed by atoms with E-state index >= 15 is 0 Å². The molecule has 0 spiro atoms. The number of rotatable bonds is 2. The van der Waals surface area contributed by atoms with Crippen molar-refractivity contribution in [1.82, 2.24) is 5.32 Å². The van der Waals surface area contributed by atoms with Crippen molar-refractivity contribution >= 4 is 35.3 Å². The minimum Gasteiger partial charge on any atom is -0.319 e. The standard InChI is InChI=1S/C19H21FN2OS.ClH/c20-18-14-8-9-21-11-13(14)6-7-15(18)22-19(23)17-10-12-4-2-1-3-5-16(12)24-17;/h6-7,10,21H,1-5,8-9,11H2,(H,22,23);1H. The number of hydrogen-bond donors (Lipinski definition) is 2. The monoisotopic (exact) mass is 380 g/mol. The van der Waals surface area contributed by atoms with Gasteiger partial charge in [-0.2, -0.15) is 0 Å². The van der Waals surface area contributed by atoms with Crippen LogP contribution in [0.4, 0.5) is 10.1 Å². The van der Waals surface area contributed by atoms with E-state index in [1.165, 1.54) is 29.7 Å². The van der Waals surface area contributed by atoms with Crippen LogP contribution < -0.4 is 10.6 Å². The van der Waals surface area contributed by atoms with Gasteiger partial charge in [0.05, 0.1) is 10.6 Å². The third kappa shape index (κ3) is 3.73. The van der Waals surface area contributed by atoms with Crippen LogP contribution in [0, 0.1) is 5.82 Å². The lowest BCUT2D eigenvalue weighted by molar-refractivity contribution is 0.103. The third-order valence-corrected chi connectivity index (χ3v) is 6.16. The maximum absolute atomic E-state index is 14.7. The summed E-state index contributed by atoms with van der Waals surface area (Å²) in [5, 5.41) is 6.01. The summed E-state index contributed by atoms with van der Waals surface area (Å²) in [6, 6.07) is 5.59. The fourth-order valence-corrected chi connectivity index (χ4v) is 4.74. The largest absolute Gasteiger partial charge is 0.319 e. The average Bonchev–Trinajstić information content (AvgIpc) is 2.88. The van der Waals surface area contributed by atoms with Crippen LogP contribution >= 0.6 is 23.7 Å². The van der Waals surface area contributed by atoms with E-state index in [1.807, 2.05) is 12.1 Å². The van der Waals surface area contributed by atoms with Crippen LogP contribution in [0.2, 0.25) is 0 Å². The lowest BCUT2D eigenvalue weighted by Crippen LogP contribution is -2.25. The number of nitrogens with one attached hydrogen (secondary N) is 2. The summed E-state index contributed by atoms with van der Waals surface area (Å²) in [6.45, 7) is 1.47. The van der Waals surface area contributed by atoms with Gasteiger partial charge in [0.15, 0.2) is 0 Å². The molecule has 25 heavy (non-hydrogen) atoms. The van der Waals surface area contributed by atoms with Crippen molar-refractivity contribution in [2.75, 3.05) is 11.9 Å². The van der Waals surface area contributed by atoms with Crippen LogP contribution in [0.25, 0.3) is 0 Å². The van der Waals surface area contributed by atoms with Gasteiger partial charge in [0.25, 0.3) is 5.91 Å². The zero-order valence-corrected chi connectivity index (χ0v) is 15.6. The van der Waals surface area contributed by atoms with E-state index in [-0.39, 0.29) is 24.1 Å². The lowest BCUT2D eigenvalue weighted by atomic mass is 9.99. The fourth-order valence-electron chi connectivity index (χ4n) is 3.59. The highest BCUT2D eigenvalue weighted by Crippen LogP contribution is 2.30. The predicted octanol–water partition coefficient (Wildman–Crippen LogP) is 4.48. The van der Waals surface area contributed by atoms with Gasteiger partial charge in [-0.25, -0.2) is 4.39 Å². The van der Waals surface area contributed by atoms with Crippen molar-refractivity contribution in [2.24, 2.45) is 0 Å². The Balaban J connectivity index is 0.00000182. The topological polar surface area (TPSA) is 41.1 Å². The fraction of sp³-hybridized carbons (Fsp3) is 0.421. The molecule has 0 saturated heterocycles. The second kappa shape index (κ2) is 7.85. The van der Waals surface area contributed by atoms with Gasteiger partial charge in [0.1, 0.15) is 5.82 Å². The van der Waals surface area contributed by atoms with Crippen LogP contribution in [0.1, 0.15) is 50.5 Å². The van der Waals surface area contributed by atoms with Crippen LogP contribution in [0.15, 0.2) is 18.2 Å². The number of anilines is 1. The molecule has 2 N–H and O–H groups in total. The van der Waals surface area contributed by atoms with Crippen LogP contribution in [-0.4, -0.2) is 12.5 Å². The summed E-state index contributed by atoms with van der Waals surface area (Å²) in [5.74, 6) is -0.471. The van der Waals surface area contributed by atoms with Crippen molar-refractivity contribution in [3.05, 3.63) is 50.5 Å². The van der Waals surface area contributed by atoms with Crippen molar-refractivity contribution < 1.29 is 9.18 Å². The van der Waals surface area contributed by atoms with Gasteiger partial charge in [0.2, 0.25) is 0 Å². The molecule has 1 aromatic carbocycles. The second-order valence-electron chi connectivity index (χ2n) is 6.57. The molecule has 6 heteroatoms. The van der Waals surface area contributed by atoms with Crippen molar-refractivity contribution in [3.8, 4) is 0 Å². The Morgan fingerprint density at radius 1 is 1.12 bits per heavy atom. The molecule has 1 aliphatic carbocycles. The van der Waals surface area contributed by atoms with Gasteiger partial charge in [-0.3, -0.25) is 4.79 Å². The number of benzene rings is 1. The molecule has 2 aromatic rings. The minimum absolute atomic E-state index is 0. The van der Waals surface area contributed by atoms with Crippen molar-refractivity contribution in [2.45, 2.75) is 45.1 Å². The van der Waals surface area contributed by atoms with E-state index < -0.39 is 0 Å². The molecule has 2 aliphatic rings. The Kier molecular flexibility index (Phi) is 5.77. The molecule has 134 valence electrons. The zero-order chi connectivity index (χ0) is 16.5. The first-order valence-electron chi connectivity index (χ1n) is 8.66. The van der Waals surface area contributed by atoms with Crippen molar-refractivity contribution in [3.63, 3.8) is 0 Å². The number of carbonyl (C=O) groups excluding carboxylic acids is 1. The molecule has 1 aromatic heterocycles. The molecule has 1 aliphatic heterocycles. The maximum Gasteiger partial charge on any atom is 0.265 e. The molecule has 3 nitrogen and oxygen atoms in total. The van der Waals surface area contributed by atoms with Gasteiger partial charge < -0.3 is 10.6 Å². The van der Waals surface area contributed by atoms with Crippen LogP contribution in [0.5, 0.6) is 0 Å². The Labute approximate surface area is 157 Å². The highest BCUT2D eigenvalue weighted by atomic mass is 35.5. The Morgan fingerprint density at radius 2 is 1.96 bits per heavy atom. The number of fused-ring (bicyclic) bond motifs is 2. The minimum atomic E-state index is -0.277. The van der Waals surface area contributed by atoms with Crippen LogP contribution in [-0.2, 0) is 25.8 Å². The maximum atomic E-state index is 14.7. The van der Waals surface area contributed by atoms with Gasteiger partial charge in [-0.15, -0.1) is 23.7 Å². The number of carbonyl (C=O) groups is 1. The first-order chi connectivity index (χ1) is 11.7. The number of aryl methyl sites for hydroxylation is 2. The summed E-state index contributed by atoms with van der Waals surface area (Å²) >= 11 is 1.57. The third-order valence-electron chi connectivity index (χ3n) is 4.93. The Bertz CT molecular complexity index is 766. The molecule has 0 unspecified atom stereocenters. The molecule has 2 heterocycles. The average molecular weight is 381 g/mol. The first kappa shape index (κ1) is 18.4. The molecule has 0 radical (unpaired) electrons. The van der Waals surface area contributed by atoms with E-state index in [1.54, 1.807) is 17.4 Å². The summed E-state index contributed by atoms with van der Waals surface area (Å²) in [7, 11) is 0. The predicted molar refractivity (Wildman–Crippen MR) is 103 cm³/mol. The van der Waals surface area contributed by atoms with Crippen LogP contribution in [0.3, 0.4) is 0 Å². The number of amides is 1. The first-order valence-corrected chi connectivity index (χ1v) is 9.48. The van der Waals surface area contributed by atoms with E-state index in [2.05, 4.69) is 10.6 Å². The molecule has 0 saturated carbocycles. The quantitative estimate of drug-likeness (QED) is 0.754. The van der Waals surface area contributed by atoms with E-state index in [0.717, 1.165) is 30.5 Å². The van der Waals surface area contributed by atoms with Gasteiger partial charge in [-0.05, 0) is 67.5 Å². The molecular weight excluding hydrogens is 359 g/mol. The van der Waals surface area contributed by atoms with Gasteiger partial charge >= 0.3 is 0 Å². The molecular formula is C19H22ClFN2OS. The van der Waals surface area contributed by atoms with E-state index in [9.17, 15) is 9.18 Å². The summed E-state index contributed by atoms with van der Waals surface area (Å²) < 4.78 is 14.7. The number of halogens is 2. The summed E-state index contributed by atoms with van der Waals surface area (Å²) in [5.41, 5.74) is 3.32. The SMILES string of the molecule is Cl.O=C(Nc1ccc2c(c1F)CCNC2)c1cc2c(s1)CCCCC2. The number of hydrogen-bond acceptors (Lipinski definition) is 3. The molecule has 0 fully saturated rings. The highest BCUT2D eigenvalue weighted by molar-refractivity contribution is 7.14. The van der Waals surface area contributed by atoms with Gasteiger partial charge in [-0.1, -0.05) is 12.5 Å². The molecule has 4 rings (SSSR count). The Hall–Kier alpha value is -1.43.